The van der Waals surface area contributed by atoms with Crippen molar-refractivity contribution in [3.05, 3.63) is 47.5 Å². The average Bonchev–Trinajstić information content (AvgIpc) is 2.91. The third kappa shape index (κ3) is 3.87. The predicted molar refractivity (Wildman–Crippen MR) is 78.2 cm³/mol. The van der Waals surface area contributed by atoms with E-state index in [1.165, 1.54) is 16.9 Å². The smallest absolute Gasteiger partial charge is 0.240 e. The van der Waals surface area contributed by atoms with Crippen molar-refractivity contribution in [2.24, 2.45) is 0 Å². The Bertz CT molecular complexity index is 513. The van der Waals surface area contributed by atoms with Crippen molar-refractivity contribution in [2.75, 3.05) is 18.9 Å². The fourth-order valence-electron chi connectivity index (χ4n) is 1.79. The van der Waals surface area contributed by atoms with Crippen molar-refractivity contribution in [1.29, 1.82) is 0 Å². The second-order valence-corrected chi connectivity index (χ2v) is 5.28. The normalized spacial score (nSPS) is 12.4. The van der Waals surface area contributed by atoms with Crippen molar-refractivity contribution in [2.45, 2.75) is 13.0 Å². The van der Waals surface area contributed by atoms with Gasteiger partial charge in [-0.25, -0.2) is 4.98 Å². The summed E-state index contributed by atoms with van der Waals surface area (Å²) in [5.74, 6) is -0.0415. The number of likely N-dealkylation sites (N-methyl/N-ethyl adjacent to an activating group) is 1. The highest BCUT2D eigenvalue weighted by atomic mass is 32.1. The zero-order valence-corrected chi connectivity index (χ0v) is 11.9. The zero-order chi connectivity index (χ0) is 13.7. The van der Waals surface area contributed by atoms with E-state index in [4.69, 9.17) is 0 Å². The van der Waals surface area contributed by atoms with Crippen molar-refractivity contribution in [3.63, 3.8) is 0 Å². The molecule has 1 atom stereocenters. The Balaban J connectivity index is 1.90. The molecular formula is C14H17N3OS. The van der Waals surface area contributed by atoms with Crippen LogP contribution in [-0.2, 0) is 4.79 Å². The molecule has 0 spiro atoms. The molecule has 0 aliphatic rings. The van der Waals surface area contributed by atoms with Crippen LogP contribution in [0.25, 0.3) is 0 Å². The van der Waals surface area contributed by atoms with Crippen LogP contribution < -0.4 is 5.32 Å². The van der Waals surface area contributed by atoms with E-state index in [1.807, 2.05) is 35.5 Å². The van der Waals surface area contributed by atoms with Gasteiger partial charge in [0, 0.05) is 17.6 Å². The summed E-state index contributed by atoms with van der Waals surface area (Å²) < 4.78 is 0. The third-order valence-corrected chi connectivity index (χ3v) is 3.70. The van der Waals surface area contributed by atoms with E-state index in [1.54, 1.807) is 6.20 Å². The number of hydrogen-bond donors (Lipinski definition) is 1. The lowest BCUT2D eigenvalue weighted by Gasteiger charge is -2.24. The zero-order valence-electron chi connectivity index (χ0n) is 11.0. The van der Waals surface area contributed by atoms with Gasteiger partial charge in [-0.05, 0) is 19.5 Å². The Morgan fingerprint density at radius 3 is 2.79 bits per heavy atom. The number of anilines is 1. The molecule has 2 aromatic rings. The maximum absolute atomic E-state index is 11.9. The Morgan fingerprint density at radius 2 is 2.16 bits per heavy atom. The number of aromatic nitrogens is 1. The van der Waals surface area contributed by atoms with Crippen LogP contribution in [0.4, 0.5) is 5.13 Å². The first-order chi connectivity index (χ1) is 9.16. The number of benzene rings is 1. The summed E-state index contributed by atoms with van der Waals surface area (Å²) >= 11 is 1.42. The van der Waals surface area contributed by atoms with Crippen LogP contribution in [-0.4, -0.2) is 29.4 Å². The van der Waals surface area contributed by atoms with Crippen molar-refractivity contribution < 1.29 is 4.79 Å². The summed E-state index contributed by atoms with van der Waals surface area (Å²) in [6, 6.07) is 10.3. The molecule has 0 fully saturated rings. The molecule has 0 aliphatic carbocycles. The number of nitrogens with one attached hydrogen (secondary N) is 1. The Morgan fingerprint density at radius 1 is 1.42 bits per heavy atom. The Labute approximate surface area is 117 Å². The number of nitrogens with zero attached hydrogens (tertiary/aromatic N) is 2. The summed E-state index contributed by atoms with van der Waals surface area (Å²) in [4.78, 5) is 17.9. The second-order valence-electron chi connectivity index (χ2n) is 4.39. The van der Waals surface area contributed by atoms with E-state index in [-0.39, 0.29) is 11.9 Å². The maximum atomic E-state index is 11.9. The molecule has 1 aromatic carbocycles. The van der Waals surface area contributed by atoms with Crippen LogP contribution in [0.5, 0.6) is 0 Å². The molecule has 0 saturated carbocycles. The molecule has 0 saturated heterocycles. The molecule has 4 nitrogen and oxygen atoms in total. The fourth-order valence-corrected chi connectivity index (χ4v) is 2.34. The van der Waals surface area contributed by atoms with Crippen LogP contribution in [0.3, 0.4) is 0 Å². The van der Waals surface area contributed by atoms with E-state index < -0.39 is 0 Å². The molecular weight excluding hydrogens is 258 g/mol. The van der Waals surface area contributed by atoms with Crippen molar-refractivity contribution in [3.8, 4) is 0 Å². The topological polar surface area (TPSA) is 45.2 Å². The number of rotatable bonds is 5. The highest BCUT2D eigenvalue weighted by molar-refractivity contribution is 7.13. The molecule has 0 unspecified atom stereocenters. The largest absolute Gasteiger partial charge is 0.301 e. The second kappa shape index (κ2) is 6.45. The van der Waals surface area contributed by atoms with Crippen LogP contribution in [0.2, 0.25) is 0 Å². The highest BCUT2D eigenvalue weighted by Crippen LogP contribution is 2.18. The lowest BCUT2D eigenvalue weighted by Crippen LogP contribution is -2.32. The molecule has 1 heterocycles. The van der Waals surface area contributed by atoms with Gasteiger partial charge < -0.3 is 5.32 Å². The molecule has 100 valence electrons. The average molecular weight is 275 g/mol. The molecule has 1 aromatic heterocycles. The van der Waals surface area contributed by atoms with Gasteiger partial charge in [0.05, 0.1) is 6.54 Å². The van der Waals surface area contributed by atoms with Gasteiger partial charge in [0.2, 0.25) is 5.91 Å². The quantitative estimate of drug-likeness (QED) is 0.912. The minimum atomic E-state index is -0.0415. The van der Waals surface area contributed by atoms with Gasteiger partial charge in [0.25, 0.3) is 0 Å². The van der Waals surface area contributed by atoms with Crippen LogP contribution >= 0.6 is 11.3 Å². The van der Waals surface area contributed by atoms with E-state index in [0.717, 1.165) is 0 Å². The minimum Gasteiger partial charge on any atom is -0.301 e. The highest BCUT2D eigenvalue weighted by Gasteiger charge is 2.15. The first-order valence-electron chi connectivity index (χ1n) is 6.11. The third-order valence-electron chi connectivity index (χ3n) is 3.01. The van der Waals surface area contributed by atoms with E-state index in [9.17, 15) is 4.79 Å². The molecule has 2 rings (SSSR count). The van der Waals surface area contributed by atoms with E-state index >= 15 is 0 Å². The van der Waals surface area contributed by atoms with E-state index in [0.29, 0.717) is 11.7 Å². The number of thiazole rings is 1. The molecule has 0 bridgehead atoms. The van der Waals surface area contributed by atoms with Gasteiger partial charge in [0.1, 0.15) is 0 Å². The summed E-state index contributed by atoms with van der Waals surface area (Å²) in [6.07, 6.45) is 1.68. The summed E-state index contributed by atoms with van der Waals surface area (Å²) in [6.45, 7) is 2.43. The summed E-state index contributed by atoms with van der Waals surface area (Å²) in [7, 11) is 1.94. The van der Waals surface area contributed by atoms with Gasteiger partial charge >= 0.3 is 0 Å². The lowest BCUT2D eigenvalue weighted by atomic mass is 10.1. The van der Waals surface area contributed by atoms with Crippen LogP contribution in [0.1, 0.15) is 18.5 Å². The van der Waals surface area contributed by atoms with Crippen LogP contribution in [0, 0.1) is 0 Å². The standard InChI is InChI=1S/C14H17N3OS/c1-11(12-6-4-3-5-7-12)17(2)10-13(18)16-14-15-8-9-19-14/h3-9,11H,10H2,1-2H3,(H,15,16,18)/t11-/m0/s1. The fraction of sp³-hybridized carbons (Fsp3) is 0.286. The molecule has 1 N–H and O–H groups in total. The Hall–Kier alpha value is -1.72. The van der Waals surface area contributed by atoms with Gasteiger partial charge in [0.15, 0.2) is 5.13 Å². The van der Waals surface area contributed by atoms with Gasteiger partial charge in [-0.2, -0.15) is 0 Å². The van der Waals surface area contributed by atoms with Gasteiger partial charge in [-0.3, -0.25) is 9.69 Å². The summed E-state index contributed by atoms with van der Waals surface area (Å²) in [5.41, 5.74) is 1.20. The van der Waals surface area contributed by atoms with Gasteiger partial charge in [-0.15, -0.1) is 11.3 Å². The molecule has 0 radical (unpaired) electrons. The molecule has 1 amide bonds. The van der Waals surface area contributed by atoms with Gasteiger partial charge in [-0.1, -0.05) is 30.3 Å². The summed E-state index contributed by atoms with van der Waals surface area (Å²) in [5, 5.41) is 5.27. The minimum absolute atomic E-state index is 0.0415. The number of carbonyl (C=O) groups excluding carboxylic acids is 1. The first-order valence-corrected chi connectivity index (χ1v) is 6.99. The number of amides is 1. The van der Waals surface area contributed by atoms with Crippen molar-refractivity contribution in [1.82, 2.24) is 9.88 Å². The molecule has 0 aliphatic heterocycles. The Kier molecular flexibility index (Phi) is 4.65. The monoisotopic (exact) mass is 275 g/mol. The van der Waals surface area contributed by atoms with E-state index in [2.05, 4.69) is 29.4 Å². The van der Waals surface area contributed by atoms with Crippen molar-refractivity contribution >= 4 is 22.4 Å². The van der Waals surface area contributed by atoms with Crippen LogP contribution in [0.15, 0.2) is 41.9 Å². The maximum Gasteiger partial charge on any atom is 0.240 e. The molecule has 19 heavy (non-hydrogen) atoms. The number of carbonyl (C=O) groups is 1. The molecule has 5 heteroatoms. The SMILES string of the molecule is C[C@@H](c1ccccc1)N(C)CC(=O)Nc1nccs1. The lowest BCUT2D eigenvalue weighted by molar-refractivity contribution is -0.117. The number of hydrogen-bond acceptors (Lipinski definition) is 4. The predicted octanol–water partition coefficient (Wildman–Crippen LogP) is 2.77. The first kappa shape index (κ1) is 13.7.